The third-order valence-electron chi connectivity index (χ3n) is 2.18. The van der Waals surface area contributed by atoms with E-state index in [4.69, 9.17) is 27.9 Å². The van der Waals surface area contributed by atoms with Crippen molar-refractivity contribution in [2.75, 3.05) is 7.11 Å². The molecule has 0 bridgehead atoms. The Kier molecular flexibility index (Phi) is 3.36. The number of aromatic nitrogens is 2. The van der Waals surface area contributed by atoms with Crippen LogP contribution in [0.5, 0.6) is 5.75 Å². The van der Waals surface area contributed by atoms with Gasteiger partial charge >= 0.3 is 0 Å². The fraction of sp³-hybridized carbons (Fsp3) is 0.0909. The van der Waals surface area contributed by atoms with Crippen LogP contribution >= 0.6 is 23.2 Å². The van der Waals surface area contributed by atoms with Crippen LogP contribution in [-0.4, -0.2) is 17.3 Å². The van der Waals surface area contributed by atoms with Gasteiger partial charge in [-0.25, -0.2) is 5.10 Å². The normalized spacial score (nSPS) is 10.3. The summed E-state index contributed by atoms with van der Waals surface area (Å²) in [5.41, 5.74) is 1.02. The van der Waals surface area contributed by atoms with E-state index >= 15 is 0 Å². The van der Waals surface area contributed by atoms with E-state index in [-0.39, 0.29) is 5.56 Å². The highest BCUT2D eigenvalue weighted by Gasteiger charge is 2.10. The molecule has 0 amide bonds. The Balaban J connectivity index is 2.54. The van der Waals surface area contributed by atoms with Crippen LogP contribution in [0.3, 0.4) is 0 Å². The van der Waals surface area contributed by atoms with Crippen molar-refractivity contribution in [3.05, 3.63) is 44.7 Å². The van der Waals surface area contributed by atoms with Gasteiger partial charge in [0.1, 0.15) is 0 Å². The van der Waals surface area contributed by atoms with Crippen LogP contribution < -0.4 is 10.3 Å². The van der Waals surface area contributed by atoms with Gasteiger partial charge in [-0.05, 0) is 18.2 Å². The van der Waals surface area contributed by atoms with Crippen molar-refractivity contribution in [2.45, 2.75) is 0 Å². The highest BCUT2D eigenvalue weighted by atomic mass is 35.5. The van der Waals surface area contributed by atoms with Crippen molar-refractivity contribution in [3.63, 3.8) is 0 Å². The monoisotopic (exact) mass is 270 g/mol. The average Bonchev–Trinajstić information content (AvgIpc) is 2.29. The maximum Gasteiger partial charge on any atom is 0.264 e. The number of H-pyrrole nitrogens is 1. The molecular weight excluding hydrogens is 263 g/mol. The summed E-state index contributed by atoms with van der Waals surface area (Å²) in [6.45, 7) is 0. The van der Waals surface area contributed by atoms with Crippen molar-refractivity contribution in [1.82, 2.24) is 10.2 Å². The summed E-state index contributed by atoms with van der Waals surface area (Å²) in [4.78, 5) is 10.9. The topological polar surface area (TPSA) is 55.0 Å². The molecule has 0 fully saturated rings. The second kappa shape index (κ2) is 4.77. The molecule has 88 valence electrons. The summed E-state index contributed by atoms with van der Waals surface area (Å²) >= 11 is 12.0. The van der Waals surface area contributed by atoms with Crippen molar-refractivity contribution in [1.29, 1.82) is 0 Å². The summed E-state index contributed by atoms with van der Waals surface area (Å²) in [7, 11) is 1.49. The van der Waals surface area contributed by atoms with Crippen LogP contribution in [0.4, 0.5) is 0 Å². The number of benzene rings is 1. The molecule has 17 heavy (non-hydrogen) atoms. The number of halogens is 2. The Morgan fingerprint density at radius 3 is 2.35 bits per heavy atom. The standard InChI is InChI=1S/C11H8Cl2N2O2/c1-17-11-7(12)4-6(5-8(11)13)9-2-3-10(16)15-14-9/h2-5H,1H3,(H,15,16). The first-order valence-corrected chi connectivity index (χ1v) is 5.46. The van der Waals surface area contributed by atoms with Gasteiger partial charge in [0.05, 0.1) is 22.8 Å². The maximum absolute atomic E-state index is 10.9. The molecule has 0 aliphatic carbocycles. The van der Waals surface area contributed by atoms with Crippen molar-refractivity contribution < 1.29 is 4.74 Å². The van der Waals surface area contributed by atoms with Crippen molar-refractivity contribution in [3.8, 4) is 17.0 Å². The number of nitrogens with zero attached hydrogens (tertiary/aromatic N) is 1. The highest BCUT2D eigenvalue weighted by Crippen LogP contribution is 2.36. The van der Waals surface area contributed by atoms with E-state index in [9.17, 15) is 4.79 Å². The number of hydrogen-bond acceptors (Lipinski definition) is 3. The Hall–Kier alpha value is -1.52. The average molecular weight is 271 g/mol. The molecule has 0 spiro atoms. The lowest BCUT2D eigenvalue weighted by atomic mass is 10.1. The number of aromatic amines is 1. The van der Waals surface area contributed by atoms with Crippen molar-refractivity contribution in [2.24, 2.45) is 0 Å². The Morgan fingerprint density at radius 1 is 1.24 bits per heavy atom. The zero-order valence-corrected chi connectivity index (χ0v) is 10.3. The Bertz CT molecular complexity index is 567. The minimum Gasteiger partial charge on any atom is -0.494 e. The van der Waals surface area contributed by atoms with E-state index in [0.29, 0.717) is 27.1 Å². The first-order valence-electron chi connectivity index (χ1n) is 4.71. The molecule has 1 aromatic heterocycles. The van der Waals surface area contributed by atoms with Gasteiger partial charge in [0.15, 0.2) is 5.75 Å². The zero-order valence-electron chi connectivity index (χ0n) is 8.83. The molecule has 2 aromatic rings. The second-order valence-corrected chi connectivity index (χ2v) is 4.09. The number of hydrogen-bond donors (Lipinski definition) is 1. The van der Waals surface area contributed by atoms with E-state index in [0.717, 1.165) is 0 Å². The van der Waals surface area contributed by atoms with Gasteiger partial charge in [0.25, 0.3) is 5.56 Å². The van der Waals surface area contributed by atoms with Gasteiger partial charge in [-0.15, -0.1) is 0 Å². The van der Waals surface area contributed by atoms with E-state index in [2.05, 4.69) is 10.2 Å². The largest absolute Gasteiger partial charge is 0.494 e. The van der Waals surface area contributed by atoms with Crippen LogP contribution in [0.2, 0.25) is 10.0 Å². The SMILES string of the molecule is COc1c(Cl)cc(-c2ccc(=O)[nH]n2)cc1Cl. The lowest BCUT2D eigenvalue weighted by molar-refractivity contribution is 0.415. The fourth-order valence-electron chi connectivity index (χ4n) is 1.41. The molecule has 6 heteroatoms. The fourth-order valence-corrected chi connectivity index (χ4v) is 2.05. The molecule has 2 rings (SSSR count). The van der Waals surface area contributed by atoms with E-state index < -0.39 is 0 Å². The molecule has 4 nitrogen and oxygen atoms in total. The Morgan fingerprint density at radius 2 is 1.88 bits per heavy atom. The summed E-state index contributed by atoms with van der Waals surface area (Å²) in [5, 5.41) is 7.02. The molecule has 0 atom stereocenters. The van der Waals surface area contributed by atoms with Gasteiger partial charge < -0.3 is 4.74 Å². The first kappa shape index (κ1) is 12.0. The maximum atomic E-state index is 10.9. The lowest BCUT2D eigenvalue weighted by Crippen LogP contribution is -2.05. The number of rotatable bonds is 2. The minimum atomic E-state index is -0.264. The molecule has 0 unspecified atom stereocenters. The molecule has 1 heterocycles. The second-order valence-electron chi connectivity index (χ2n) is 3.28. The van der Waals surface area contributed by atoms with Crippen LogP contribution in [0, 0.1) is 0 Å². The Labute approximate surface area is 107 Å². The van der Waals surface area contributed by atoms with Crippen LogP contribution in [0.25, 0.3) is 11.3 Å². The zero-order chi connectivity index (χ0) is 12.4. The van der Waals surface area contributed by atoms with Gasteiger partial charge in [-0.3, -0.25) is 4.79 Å². The van der Waals surface area contributed by atoms with Crippen molar-refractivity contribution >= 4 is 23.2 Å². The molecule has 0 saturated heterocycles. The van der Waals surface area contributed by atoms with Gasteiger partial charge in [0, 0.05) is 11.6 Å². The van der Waals surface area contributed by atoms with Crippen LogP contribution in [-0.2, 0) is 0 Å². The molecule has 0 radical (unpaired) electrons. The number of ether oxygens (including phenoxy) is 1. The highest BCUT2D eigenvalue weighted by molar-refractivity contribution is 6.37. The number of methoxy groups -OCH3 is 1. The first-order chi connectivity index (χ1) is 8.11. The lowest BCUT2D eigenvalue weighted by Gasteiger charge is -2.07. The molecule has 1 aromatic carbocycles. The van der Waals surface area contributed by atoms with Gasteiger partial charge in [0.2, 0.25) is 0 Å². The van der Waals surface area contributed by atoms with Gasteiger partial charge in [-0.1, -0.05) is 23.2 Å². The van der Waals surface area contributed by atoms with Crippen LogP contribution in [0.15, 0.2) is 29.1 Å². The molecule has 0 aliphatic heterocycles. The summed E-state index contributed by atoms with van der Waals surface area (Å²) in [5.74, 6) is 0.418. The minimum absolute atomic E-state index is 0.264. The summed E-state index contributed by atoms with van der Waals surface area (Å²) in [6.07, 6.45) is 0. The number of nitrogens with one attached hydrogen (secondary N) is 1. The summed E-state index contributed by atoms with van der Waals surface area (Å²) in [6, 6.07) is 6.32. The predicted molar refractivity (Wildman–Crippen MR) is 66.9 cm³/mol. The molecule has 0 aliphatic rings. The van der Waals surface area contributed by atoms with E-state index in [1.54, 1.807) is 18.2 Å². The van der Waals surface area contributed by atoms with Crippen LogP contribution in [0.1, 0.15) is 0 Å². The van der Waals surface area contributed by atoms with E-state index in [1.807, 2.05) is 0 Å². The van der Waals surface area contributed by atoms with E-state index in [1.165, 1.54) is 13.2 Å². The summed E-state index contributed by atoms with van der Waals surface area (Å²) < 4.78 is 5.04. The third kappa shape index (κ3) is 2.43. The molecule has 0 saturated carbocycles. The smallest absolute Gasteiger partial charge is 0.264 e. The predicted octanol–water partition coefficient (Wildman–Crippen LogP) is 2.75. The van der Waals surface area contributed by atoms with Gasteiger partial charge in [-0.2, -0.15) is 5.10 Å². The third-order valence-corrected chi connectivity index (χ3v) is 2.74. The molecular formula is C11H8Cl2N2O2. The molecule has 1 N–H and O–H groups in total. The quantitative estimate of drug-likeness (QED) is 0.913.